The smallest absolute Gasteiger partial charge is 0.126 e. The van der Waals surface area contributed by atoms with E-state index < -0.39 is 0 Å². The molecule has 1 aromatic carbocycles. The molecule has 0 bridgehead atoms. The second-order valence-corrected chi connectivity index (χ2v) is 6.33. The van der Waals surface area contributed by atoms with Crippen molar-refractivity contribution in [2.24, 2.45) is 11.7 Å². The van der Waals surface area contributed by atoms with E-state index in [0.717, 1.165) is 24.6 Å². The standard InChI is InChI=1S/C17H27FN2/c1-3-14-7-6-10-20(12-14)17(2,13-19)11-15-8-4-5-9-16(15)18/h4-5,8-9,14H,3,6-7,10-13,19H2,1-2H3. The number of nitrogens with zero attached hydrogens (tertiary/aromatic N) is 1. The molecule has 2 nitrogen and oxygen atoms in total. The molecule has 3 heteroatoms. The van der Waals surface area contributed by atoms with E-state index in [4.69, 9.17) is 5.73 Å². The predicted molar refractivity (Wildman–Crippen MR) is 82.2 cm³/mol. The lowest BCUT2D eigenvalue weighted by atomic mass is 9.86. The Hall–Kier alpha value is -0.930. The van der Waals surface area contributed by atoms with Crippen LogP contribution in [0, 0.1) is 11.7 Å². The molecule has 0 radical (unpaired) electrons. The molecule has 1 aliphatic heterocycles. The molecule has 0 amide bonds. The third-order valence-electron chi connectivity index (χ3n) is 4.83. The maximum Gasteiger partial charge on any atom is 0.126 e. The Bertz CT molecular complexity index is 435. The summed E-state index contributed by atoms with van der Waals surface area (Å²) in [5.41, 5.74) is 6.69. The van der Waals surface area contributed by atoms with Crippen molar-refractivity contribution in [1.82, 2.24) is 4.90 Å². The molecule has 0 saturated carbocycles. The third-order valence-corrected chi connectivity index (χ3v) is 4.83. The average Bonchev–Trinajstić information content (AvgIpc) is 2.49. The summed E-state index contributed by atoms with van der Waals surface area (Å²) >= 11 is 0. The van der Waals surface area contributed by atoms with Crippen molar-refractivity contribution >= 4 is 0 Å². The number of nitrogens with two attached hydrogens (primary N) is 1. The first-order valence-electron chi connectivity index (χ1n) is 7.77. The van der Waals surface area contributed by atoms with Gasteiger partial charge < -0.3 is 5.73 Å². The molecule has 1 aromatic rings. The second kappa shape index (κ2) is 6.68. The fraction of sp³-hybridized carbons (Fsp3) is 0.647. The number of rotatable bonds is 5. The molecule has 20 heavy (non-hydrogen) atoms. The van der Waals surface area contributed by atoms with E-state index in [0.29, 0.717) is 13.0 Å². The van der Waals surface area contributed by atoms with Gasteiger partial charge in [0.25, 0.3) is 0 Å². The molecule has 112 valence electrons. The quantitative estimate of drug-likeness (QED) is 0.896. The van der Waals surface area contributed by atoms with Crippen LogP contribution in [0.4, 0.5) is 4.39 Å². The number of halogens is 1. The van der Waals surface area contributed by atoms with Crippen molar-refractivity contribution < 1.29 is 4.39 Å². The van der Waals surface area contributed by atoms with Crippen LogP contribution in [0.25, 0.3) is 0 Å². The van der Waals surface area contributed by atoms with Gasteiger partial charge in [-0.2, -0.15) is 0 Å². The summed E-state index contributed by atoms with van der Waals surface area (Å²) in [4.78, 5) is 2.48. The summed E-state index contributed by atoms with van der Waals surface area (Å²) in [5.74, 6) is 0.645. The van der Waals surface area contributed by atoms with E-state index in [-0.39, 0.29) is 11.4 Å². The number of hydrogen-bond acceptors (Lipinski definition) is 2. The maximum absolute atomic E-state index is 13.9. The summed E-state index contributed by atoms with van der Waals surface area (Å²) < 4.78 is 13.9. The van der Waals surface area contributed by atoms with Crippen LogP contribution in [0.15, 0.2) is 24.3 Å². The molecule has 2 N–H and O–H groups in total. The Balaban J connectivity index is 2.14. The highest BCUT2D eigenvalue weighted by atomic mass is 19.1. The van der Waals surface area contributed by atoms with Crippen LogP contribution in [0.2, 0.25) is 0 Å². The molecule has 0 aliphatic carbocycles. The van der Waals surface area contributed by atoms with Crippen LogP contribution in [0.5, 0.6) is 0 Å². The van der Waals surface area contributed by atoms with Crippen LogP contribution in [-0.4, -0.2) is 30.1 Å². The van der Waals surface area contributed by atoms with Crippen LogP contribution >= 0.6 is 0 Å². The summed E-state index contributed by atoms with van der Waals surface area (Å²) in [6.07, 6.45) is 4.45. The Labute approximate surface area is 122 Å². The van der Waals surface area contributed by atoms with E-state index in [1.54, 1.807) is 6.07 Å². The molecule has 2 rings (SSSR count). The Morgan fingerprint density at radius 2 is 2.15 bits per heavy atom. The van der Waals surface area contributed by atoms with Gasteiger partial charge in [0.2, 0.25) is 0 Å². The van der Waals surface area contributed by atoms with Crippen molar-refractivity contribution in [2.75, 3.05) is 19.6 Å². The fourth-order valence-electron chi connectivity index (χ4n) is 3.25. The zero-order chi connectivity index (χ0) is 14.6. The molecule has 1 heterocycles. The number of hydrogen-bond donors (Lipinski definition) is 1. The monoisotopic (exact) mass is 278 g/mol. The van der Waals surface area contributed by atoms with Crippen molar-refractivity contribution in [3.63, 3.8) is 0 Å². The van der Waals surface area contributed by atoms with Gasteiger partial charge in [-0.05, 0) is 50.3 Å². The Morgan fingerprint density at radius 1 is 1.40 bits per heavy atom. The van der Waals surface area contributed by atoms with Gasteiger partial charge >= 0.3 is 0 Å². The SMILES string of the molecule is CCC1CCCN(C(C)(CN)Cc2ccccc2F)C1. The van der Waals surface area contributed by atoms with Gasteiger partial charge in [-0.15, -0.1) is 0 Å². The average molecular weight is 278 g/mol. The van der Waals surface area contributed by atoms with E-state index in [1.807, 2.05) is 12.1 Å². The molecule has 1 aliphatic rings. The number of piperidine rings is 1. The number of benzene rings is 1. The van der Waals surface area contributed by atoms with Crippen molar-refractivity contribution in [1.29, 1.82) is 0 Å². The van der Waals surface area contributed by atoms with E-state index in [1.165, 1.54) is 25.3 Å². The highest BCUT2D eigenvalue weighted by Crippen LogP contribution is 2.28. The highest BCUT2D eigenvalue weighted by molar-refractivity contribution is 5.20. The van der Waals surface area contributed by atoms with Gasteiger partial charge in [-0.25, -0.2) is 4.39 Å². The predicted octanol–water partition coefficient (Wildman–Crippen LogP) is 3.21. The van der Waals surface area contributed by atoms with Crippen molar-refractivity contribution in [3.8, 4) is 0 Å². The molecule has 1 fully saturated rings. The van der Waals surface area contributed by atoms with E-state index in [9.17, 15) is 4.39 Å². The normalized spacial score (nSPS) is 23.5. The first-order chi connectivity index (χ1) is 9.59. The summed E-state index contributed by atoms with van der Waals surface area (Å²) in [7, 11) is 0. The molecular weight excluding hydrogens is 251 g/mol. The second-order valence-electron chi connectivity index (χ2n) is 6.33. The maximum atomic E-state index is 13.9. The lowest BCUT2D eigenvalue weighted by Gasteiger charge is -2.45. The van der Waals surface area contributed by atoms with Gasteiger partial charge in [0.05, 0.1) is 0 Å². The lowest BCUT2D eigenvalue weighted by Crippen LogP contribution is -2.56. The van der Waals surface area contributed by atoms with Crippen LogP contribution < -0.4 is 5.73 Å². The van der Waals surface area contributed by atoms with Gasteiger partial charge in [0.15, 0.2) is 0 Å². The van der Waals surface area contributed by atoms with Crippen LogP contribution in [-0.2, 0) is 6.42 Å². The van der Waals surface area contributed by atoms with Gasteiger partial charge in [0.1, 0.15) is 5.82 Å². The van der Waals surface area contributed by atoms with Crippen LogP contribution in [0.3, 0.4) is 0 Å². The zero-order valence-electron chi connectivity index (χ0n) is 12.7. The minimum absolute atomic E-state index is 0.115. The molecule has 2 atom stereocenters. The summed E-state index contributed by atoms with van der Waals surface area (Å²) in [6.45, 7) is 7.18. The minimum Gasteiger partial charge on any atom is -0.329 e. The molecule has 0 spiro atoms. The van der Waals surface area contributed by atoms with Gasteiger partial charge in [-0.3, -0.25) is 4.90 Å². The Morgan fingerprint density at radius 3 is 2.80 bits per heavy atom. The third kappa shape index (κ3) is 3.39. The van der Waals surface area contributed by atoms with Crippen molar-refractivity contribution in [3.05, 3.63) is 35.6 Å². The molecular formula is C17H27FN2. The van der Waals surface area contributed by atoms with E-state index in [2.05, 4.69) is 18.7 Å². The first-order valence-corrected chi connectivity index (χ1v) is 7.77. The topological polar surface area (TPSA) is 29.3 Å². The summed E-state index contributed by atoms with van der Waals surface area (Å²) in [5, 5.41) is 0. The largest absolute Gasteiger partial charge is 0.329 e. The first kappa shape index (κ1) is 15.5. The Kier molecular flexibility index (Phi) is 5.17. The van der Waals surface area contributed by atoms with Crippen LogP contribution in [0.1, 0.15) is 38.7 Å². The van der Waals surface area contributed by atoms with Crippen molar-refractivity contribution in [2.45, 2.75) is 45.1 Å². The van der Waals surface area contributed by atoms with Gasteiger partial charge in [0, 0.05) is 18.6 Å². The highest BCUT2D eigenvalue weighted by Gasteiger charge is 2.34. The van der Waals surface area contributed by atoms with E-state index >= 15 is 0 Å². The fourth-order valence-corrected chi connectivity index (χ4v) is 3.25. The lowest BCUT2D eigenvalue weighted by molar-refractivity contribution is 0.0580. The molecule has 0 aromatic heterocycles. The summed E-state index contributed by atoms with van der Waals surface area (Å²) in [6, 6.07) is 7.06. The van der Waals surface area contributed by atoms with Gasteiger partial charge in [-0.1, -0.05) is 31.5 Å². The molecule has 2 unspecified atom stereocenters. The molecule has 1 saturated heterocycles. The minimum atomic E-state index is -0.143. The number of likely N-dealkylation sites (tertiary alicyclic amines) is 1. The zero-order valence-corrected chi connectivity index (χ0v) is 12.7.